The second-order valence-corrected chi connectivity index (χ2v) is 7.20. The second kappa shape index (κ2) is 10.3. The molecule has 1 fully saturated rings. The highest BCUT2D eigenvalue weighted by atomic mass is 16.5. The average molecular weight is 359 g/mol. The molecule has 1 aromatic carbocycles. The van der Waals surface area contributed by atoms with Crippen LogP contribution in [0.25, 0.3) is 0 Å². The van der Waals surface area contributed by atoms with Crippen molar-refractivity contribution in [3.63, 3.8) is 0 Å². The Balaban J connectivity index is 1.53. The van der Waals surface area contributed by atoms with Crippen molar-refractivity contribution in [1.29, 1.82) is 0 Å². The first-order valence-corrected chi connectivity index (χ1v) is 9.83. The number of morpholine rings is 1. The van der Waals surface area contributed by atoms with E-state index in [9.17, 15) is 4.79 Å². The molecule has 0 unspecified atom stereocenters. The lowest BCUT2D eigenvalue weighted by Gasteiger charge is -2.30. The van der Waals surface area contributed by atoms with Gasteiger partial charge in [-0.05, 0) is 37.3 Å². The van der Waals surface area contributed by atoms with Gasteiger partial charge in [-0.2, -0.15) is 0 Å². The summed E-state index contributed by atoms with van der Waals surface area (Å²) in [6.45, 7) is 6.47. The third-order valence-electron chi connectivity index (χ3n) is 5.25. The van der Waals surface area contributed by atoms with Crippen molar-refractivity contribution < 1.29 is 19.2 Å². The van der Waals surface area contributed by atoms with Gasteiger partial charge in [0.15, 0.2) is 6.61 Å². The molecule has 26 heavy (non-hydrogen) atoms. The van der Waals surface area contributed by atoms with Crippen LogP contribution in [0.1, 0.15) is 19.3 Å². The zero-order chi connectivity index (χ0) is 18.0. The topological polar surface area (TPSA) is 43.2 Å². The Hall–Kier alpha value is -1.85. The predicted octanol–water partition coefficient (Wildman–Crippen LogP) is 1.17. The monoisotopic (exact) mass is 359 g/mol. The minimum Gasteiger partial charge on any atom is -0.484 e. The molecule has 142 valence electrons. The van der Waals surface area contributed by atoms with Crippen LogP contribution in [0.4, 0.5) is 0 Å². The van der Waals surface area contributed by atoms with E-state index >= 15 is 0 Å². The molecule has 5 heteroatoms. The quantitative estimate of drug-likeness (QED) is 0.709. The van der Waals surface area contributed by atoms with Gasteiger partial charge in [0.2, 0.25) is 0 Å². The van der Waals surface area contributed by atoms with Gasteiger partial charge in [-0.15, -0.1) is 0 Å². The molecule has 1 aromatic rings. The van der Waals surface area contributed by atoms with Gasteiger partial charge in [0.05, 0.1) is 26.3 Å². The van der Waals surface area contributed by atoms with E-state index < -0.39 is 0 Å². The fourth-order valence-electron chi connectivity index (χ4n) is 3.61. The largest absolute Gasteiger partial charge is 0.484 e. The first kappa shape index (κ1) is 18.9. The van der Waals surface area contributed by atoms with E-state index in [4.69, 9.17) is 9.47 Å². The Morgan fingerprint density at radius 3 is 2.73 bits per heavy atom. The van der Waals surface area contributed by atoms with Gasteiger partial charge in [-0.3, -0.25) is 4.79 Å². The maximum absolute atomic E-state index is 12.8. The highest BCUT2D eigenvalue weighted by Gasteiger charge is 2.22. The molecule has 2 aliphatic rings. The van der Waals surface area contributed by atoms with Crippen LogP contribution in [-0.2, 0) is 9.53 Å². The van der Waals surface area contributed by atoms with E-state index in [1.807, 2.05) is 35.2 Å². The number of carbonyl (C=O) groups is 1. The summed E-state index contributed by atoms with van der Waals surface area (Å²) in [5, 5.41) is 0. The van der Waals surface area contributed by atoms with Crippen molar-refractivity contribution in [3.05, 3.63) is 42.5 Å². The molecule has 0 bridgehead atoms. The zero-order valence-electron chi connectivity index (χ0n) is 15.6. The Bertz CT molecular complexity index is 570. The lowest BCUT2D eigenvalue weighted by atomic mass is 9.94. The third kappa shape index (κ3) is 6.15. The Morgan fingerprint density at radius 2 is 2.00 bits per heavy atom. The fourth-order valence-corrected chi connectivity index (χ4v) is 3.61. The van der Waals surface area contributed by atoms with Gasteiger partial charge in [0, 0.05) is 6.54 Å². The number of hydrogen-bond acceptors (Lipinski definition) is 3. The lowest BCUT2D eigenvalue weighted by molar-refractivity contribution is -0.907. The van der Waals surface area contributed by atoms with E-state index in [1.54, 1.807) is 0 Å². The molecule has 1 N–H and O–H groups in total. The smallest absolute Gasteiger partial charge is 0.260 e. The molecule has 1 amide bonds. The van der Waals surface area contributed by atoms with Crippen molar-refractivity contribution in [1.82, 2.24) is 4.90 Å². The lowest BCUT2D eigenvalue weighted by Crippen LogP contribution is -3.14. The van der Waals surface area contributed by atoms with E-state index in [1.165, 1.54) is 11.3 Å². The number of hydrogen-bond donors (Lipinski definition) is 1. The fraction of sp³-hybridized carbons (Fsp3) is 0.571. The van der Waals surface area contributed by atoms with Crippen molar-refractivity contribution in [2.24, 2.45) is 5.92 Å². The Labute approximate surface area is 156 Å². The summed E-state index contributed by atoms with van der Waals surface area (Å²) >= 11 is 0. The summed E-state index contributed by atoms with van der Waals surface area (Å²) in [6, 6.07) is 9.58. The van der Waals surface area contributed by atoms with Gasteiger partial charge >= 0.3 is 0 Å². The molecular weight excluding hydrogens is 328 g/mol. The van der Waals surface area contributed by atoms with Crippen molar-refractivity contribution >= 4 is 5.91 Å². The number of para-hydroxylation sites is 1. The molecule has 1 saturated heterocycles. The van der Waals surface area contributed by atoms with E-state index in [0.717, 1.165) is 64.5 Å². The Morgan fingerprint density at radius 1 is 1.19 bits per heavy atom. The number of nitrogens with zero attached hydrogens (tertiary/aromatic N) is 1. The summed E-state index contributed by atoms with van der Waals surface area (Å²) in [5.41, 5.74) is 0. The minimum absolute atomic E-state index is 0.0936. The molecule has 0 aromatic heterocycles. The summed E-state index contributed by atoms with van der Waals surface area (Å²) in [7, 11) is 0. The maximum Gasteiger partial charge on any atom is 0.260 e. The standard InChI is InChI=1S/C21H30N2O3/c24-21(18-26-20-9-5-2-6-10-20)23(17-19-7-3-1-4-8-19)12-11-22-13-15-25-16-14-22/h1-3,5-6,9-10,19H,4,7-8,11-18H2/p+1/t19-/m0/s1. The first-order chi connectivity index (χ1) is 12.8. The van der Waals surface area contributed by atoms with Crippen molar-refractivity contribution in [2.75, 3.05) is 52.5 Å². The second-order valence-electron chi connectivity index (χ2n) is 7.20. The van der Waals surface area contributed by atoms with Gasteiger partial charge in [-0.25, -0.2) is 0 Å². The number of amides is 1. The molecule has 0 radical (unpaired) electrons. The minimum atomic E-state index is 0.0936. The number of quaternary nitrogens is 1. The van der Waals surface area contributed by atoms with E-state index in [-0.39, 0.29) is 12.5 Å². The number of nitrogens with one attached hydrogen (secondary N) is 1. The molecular formula is C21H31N2O3+. The normalized spacial score (nSPS) is 20.7. The van der Waals surface area contributed by atoms with Crippen molar-refractivity contribution in [2.45, 2.75) is 19.3 Å². The first-order valence-electron chi connectivity index (χ1n) is 9.83. The van der Waals surface area contributed by atoms with Gasteiger partial charge in [0.25, 0.3) is 5.91 Å². The molecule has 5 nitrogen and oxygen atoms in total. The molecule has 0 saturated carbocycles. The number of rotatable bonds is 8. The van der Waals surface area contributed by atoms with Crippen LogP contribution in [0.3, 0.4) is 0 Å². The van der Waals surface area contributed by atoms with Crippen molar-refractivity contribution in [3.8, 4) is 5.75 Å². The van der Waals surface area contributed by atoms with Gasteiger partial charge in [-0.1, -0.05) is 30.4 Å². The van der Waals surface area contributed by atoms with Crippen LogP contribution < -0.4 is 9.64 Å². The predicted molar refractivity (Wildman–Crippen MR) is 101 cm³/mol. The highest BCUT2D eigenvalue weighted by Crippen LogP contribution is 2.19. The van der Waals surface area contributed by atoms with Crippen LogP contribution in [0.15, 0.2) is 42.5 Å². The number of benzene rings is 1. The van der Waals surface area contributed by atoms with Crippen LogP contribution in [0, 0.1) is 5.92 Å². The molecule has 1 atom stereocenters. The zero-order valence-corrected chi connectivity index (χ0v) is 15.6. The molecule has 3 rings (SSSR count). The molecule has 1 aliphatic carbocycles. The summed E-state index contributed by atoms with van der Waals surface area (Å²) < 4.78 is 11.1. The maximum atomic E-state index is 12.8. The van der Waals surface area contributed by atoms with Gasteiger partial charge in [0.1, 0.15) is 18.8 Å². The van der Waals surface area contributed by atoms with Crippen LogP contribution in [0.5, 0.6) is 5.75 Å². The van der Waals surface area contributed by atoms with Crippen LogP contribution in [0.2, 0.25) is 0 Å². The number of ether oxygens (including phenoxy) is 2. The Kier molecular flexibility index (Phi) is 7.52. The SMILES string of the molecule is O=C(COc1ccccc1)N(CC[NH+]1CCOCC1)C[C@H]1CC=CCC1. The summed E-state index contributed by atoms with van der Waals surface area (Å²) in [5.74, 6) is 1.41. The van der Waals surface area contributed by atoms with Crippen LogP contribution >= 0.6 is 0 Å². The number of carbonyl (C=O) groups excluding carboxylic acids is 1. The van der Waals surface area contributed by atoms with E-state index in [0.29, 0.717) is 5.92 Å². The summed E-state index contributed by atoms with van der Waals surface area (Å²) in [4.78, 5) is 16.4. The average Bonchev–Trinajstić information content (AvgIpc) is 2.71. The number of allylic oxidation sites excluding steroid dienone is 2. The molecule has 1 aliphatic heterocycles. The summed E-state index contributed by atoms with van der Waals surface area (Å²) in [6.07, 6.45) is 7.88. The molecule has 1 heterocycles. The van der Waals surface area contributed by atoms with Gasteiger partial charge < -0.3 is 19.3 Å². The van der Waals surface area contributed by atoms with E-state index in [2.05, 4.69) is 12.2 Å². The van der Waals surface area contributed by atoms with Crippen LogP contribution in [-0.4, -0.2) is 63.4 Å². The molecule has 0 spiro atoms. The highest BCUT2D eigenvalue weighted by molar-refractivity contribution is 5.77. The third-order valence-corrected chi connectivity index (χ3v) is 5.25.